The molecule has 0 unspecified atom stereocenters. The van der Waals surface area contributed by atoms with E-state index in [1.165, 1.54) is 18.2 Å². The molecule has 0 radical (unpaired) electrons. The number of hydrogen-bond acceptors (Lipinski definition) is 3. The fourth-order valence-electron chi connectivity index (χ4n) is 3.08. The number of benzene rings is 3. The van der Waals surface area contributed by atoms with Gasteiger partial charge in [0.05, 0.1) is 5.39 Å². The van der Waals surface area contributed by atoms with E-state index >= 15 is 0 Å². The van der Waals surface area contributed by atoms with Gasteiger partial charge in [0.2, 0.25) is 0 Å². The molecule has 0 aliphatic carbocycles. The number of aryl methyl sites for hydroxylation is 1. The number of fused-ring (bicyclic) bond motifs is 1. The average Bonchev–Trinajstić information content (AvgIpc) is 2.73. The van der Waals surface area contributed by atoms with Crippen LogP contribution in [-0.2, 0) is 6.54 Å². The Kier molecular flexibility index (Phi) is 4.96. The summed E-state index contributed by atoms with van der Waals surface area (Å²) in [6.07, 6.45) is 0. The van der Waals surface area contributed by atoms with Gasteiger partial charge in [-0.25, -0.2) is 4.39 Å². The molecule has 0 aliphatic rings. The first-order chi connectivity index (χ1) is 14.0. The Labute approximate surface area is 166 Å². The molecular formula is C24H18FNO3. The van der Waals surface area contributed by atoms with Crippen molar-refractivity contribution >= 4 is 16.9 Å². The molecule has 1 amide bonds. The van der Waals surface area contributed by atoms with Crippen molar-refractivity contribution in [1.29, 1.82) is 0 Å². The molecule has 5 heteroatoms. The van der Waals surface area contributed by atoms with Gasteiger partial charge in [0.1, 0.15) is 17.2 Å². The molecule has 0 aliphatic heterocycles. The van der Waals surface area contributed by atoms with Gasteiger partial charge in [-0.3, -0.25) is 9.59 Å². The molecule has 0 saturated heterocycles. The van der Waals surface area contributed by atoms with Gasteiger partial charge in [0, 0.05) is 23.7 Å². The second-order valence-corrected chi connectivity index (χ2v) is 6.86. The van der Waals surface area contributed by atoms with Gasteiger partial charge in [-0.15, -0.1) is 0 Å². The summed E-state index contributed by atoms with van der Waals surface area (Å²) in [6.45, 7) is 2.23. The van der Waals surface area contributed by atoms with E-state index in [0.717, 1.165) is 11.1 Å². The third-order valence-electron chi connectivity index (χ3n) is 4.68. The zero-order valence-corrected chi connectivity index (χ0v) is 15.7. The number of halogens is 1. The van der Waals surface area contributed by atoms with E-state index in [4.69, 9.17) is 4.42 Å². The fourth-order valence-corrected chi connectivity index (χ4v) is 3.08. The highest BCUT2D eigenvalue weighted by Gasteiger charge is 2.10. The van der Waals surface area contributed by atoms with E-state index in [1.54, 1.807) is 48.5 Å². The number of hydrogen-bond donors (Lipinski definition) is 1. The maximum atomic E-state index is 12.9. The minimum absolute atomic E-state index is 0.105. The molecule has 1 N–H and O–H groups in total. The molecule has 0 atom stereocenters. The molecule has 4 nitrogen and oxygen atoms in total. The van der Waals surface area contributed by atoms with Crippen molar-refractivity contribution in [2.75, 3.05) is 0 Å². The van der Waals surface area contributed by atoms with Crippen molar-refractivity contribution in [3.63, 3.8) is 0 Å². The quantitative estimate of drug-likeness (QED) is 0.545. The lowest BCUT2D eigenvalue weighted by Crippen LogP contribution is -2.22. The lowest BCUT2D eigenvalue weighted by atomic mass is 10.1. The van der Waals surface area contributed by atoms with Gasteiger partial charge < -0.3 is 9.73 Å². The smallest absolute Gasteiger partial charge is 0.251 e. The van der Waals surface area contributed by atoms with Crippen LogP contribution in [0.25, 0.3) is 22.3 Å². The summed E-state index contributed by atoms with van der Waals surface area (Å²) in [5.41, 5.74) is 3.41. The first kappa shape index (κ1) is 18.6. The van der Waals surface area contributed by atoms with E-state index in [-0.39, 0.29) is 17.2 Å². The zero-order valence-electron chi connectivity index (χ0n) is 15.7. The van der Waals surface area contributed by atoms with Crippen molar-refractivity contribution in [2.45, 2.75) is 13.5 Å². The summed E-state index contributed by atoms with van der Waals surface area (Å²) < 4.78 is 18.8. The summed E-state index contributed by atoms with van der Waals surface area (Å²) >= 11 is 0. The van der Waals surface area contributed by atoms with Crippen LogP contribution in [-0.4, -0.2) is 5.91 Å². The van der Waals surface area contributed by atoms with Crippen LogP contribution in [0.4, 0.5) is 4.39 Å². The van der Waals surface area contributed by atoms with Gasteiger partial charge in [-0.05, 0) is 48.9 Å². The molecular weight excluding hydrogens is 369 g/mol. The van der Waals surface area contributed by atoms with Gasteiger partial charge in [-0.1, -0.05) is 35.9 Å². The van der Waals surface area contributed by atoms with E-state index in [9.17, 15) is 14.0 Å². The Morgan fingerprint density at radius 3 is 2.41 bits per heavy atom. The maximum absolute atomic E-state index is 12.9. The summed E-state index contributed by atoms with van der Waals surface area (Å²) in [6, 6.07) is 19.7. The van der Waals surface area contributed by atoms with Gasteiger partial charge in [-0.2, -0.15) is 0 Å². The van der Waals surface area contributed by atoms with Crippen molar-refractivity contribution in [3.8, 4) is 11.3 Å². The van der Waals surface area contributed by atoms with Crippen LogP contribution in [0.15, 0.2) is 82.0 Å². The second-order valence-electron chi connectivity index (χ2n) is 6.86. The van der Waals surface area contributed by atoms with Gasteiger partial charge in [0.15, 0.2) is 5.43 Å². The Hall–Kier alpha value is -3.73. The Bertz CT molecular complexity index is 1240. The summed E-state index contributed by atoms with van der Waals surface area (Å²) in [4.78, 5) is 24.7. The van der Waals surface area contributed by atoms with Crippen LogP contribution in [0.2, 0.25) is 0 Å². The number of carbonyl (C=O) groups excluding carboxylic acids is 1. The Morgan fingerprint density at radius 1 is 0.966 bits per heavy atom. The standard InChI is InChI=1S/C24H18FNO3/c1-15-2-11-22-20(12-15)21(27)13-23(29-22)17-5-7-18(8-6-17)24(28)26-14-16-3-9-19(25)10-4-16/h2-13H,14H2,1H3,(H,26,28). The highest BCUT2D eigenvalue weighted by molar-refractivity contribution is 5.94. The molecule has 4 aromatic rings. The van der Waals surface area contributed by atoms with E-state index < -0.39 is 0 Å². The summed E-state index contributed by atoms with van der Waals surface area (Å²) in [5, 5.41) is 3.34. The van der Waals surface area contributed by atoms with Crippen molar-refractivity contribution in [2.24, 2.45) is 0 Å². The van der Waals surface area contributed by atoms with E-state index in [1.807, 2.05) is 13.0 Å². The van der Waals surface area contributed by atoms with E-state index in [2.05, 4.69) is 5.32 Å². The van der Waals surface area contributed by atoms with Crippen LogP contribution in [0.5, 0.6) is 0 Å². The highest BCUT2D eigenvalue weighted by Crippen LogP contribution is 2.23. The molecule has 0 fully saturated rings. The predicted octanol–water partition coefficient (Wildman–Crippen LogP) is 4.84. The number of nitrogens with one attached hydrogen (secondary N) is 1. The van der Waals surface area contributed by atoms with Crippen molar-refractivity contribution < 1.29 is 13.6 Å². The minimum atomic E-state index is -0.314. The first-order valence-corrected chi connectivity index (χ1v) is 9.17. The molecule has 0 saturated carbocycles. The van der Waals surface area contributed by atoms with Crippen LogP contribution in [0.1, 0.15) is 21.5 Å². The monoisotopic (exact) mass is 387 g/mol. The normalized spacial score (nSPS) is 10.8. The first-order valence-electron chi connectivity index (χ1n) is 9.17. The molecule has 0 spiro atoms. The molecule has 3 aromatic carbocycles. The number of carbonyl (C=O) groups is 1. The van der Waals surface area contributed by atoms with Crippen LogP contribution in [0, 0.1) is 12.7 Å². The minimum Gasteiger partial charge on any atom is -0.456 e. The second kappa shape index (κ2) is 7.72. The predicted molar refractivity (Wildman–Crippen MR) is 110 cm³/mol. The topological polar surface area (TPSA) is 59.3 Å². The molecule has 144 valence electrons. The highest BCUT2D eigenvalue weighted by atomic mass is 19.1. The summed E-state index contributed by atoms with van der Waals surface area (Å²) in [7, 11) is 0. The van der Waals surface area contributed by atoms with Crippen LogP contribution in [0.3, 0.4) is 0 Å². The number of rotatable bonds is 4. The van der Waals surface area contributed by atoms with Crippen molar-refractivity contribution in [1.82, 2.24) is 5.32 Å². The van der Waals surface area contributed by atoms with Crippen LogP contribution >= 0.6 is 0 Å². The fraction of sp³-hybridized carbons (Fsp3) is 0.0833. The largest absolute Gasteiger partial charge is 0.456 e. The molecule has 0 bridgehead atoms. The Morgan fingerprint density at radius 2 is 1.69 bits per heavy atom. The lowest BCUT2D eigenvalue weighted by molar-refractivity contribution is 0.0951. The summed E-state index contributed by atoms with van der Waals surface area (Å²) in [5.74, 6) is -0.105. The molecule has 1 aromatic heterocycles. The SMILES string of the molecule is Cc1ccc2oc(-c3ccc(C(=O)NCc4ccc(F)cc4)cc3)cc(=O)c2c1. The molecule has 29 heavy (non-hydrogen) atoms. The van der Waals surface area contributed by atoms with Crippen LogP contribution < -0.4 is 10.7 Å². The van der Waals surface area contributed by atoms with E-state index in [0.29, 0.717) is 34.4 Å². The lowest BCUT2D eigenvalue weighted by Gasteiger charge is -2.07. The Balaban J connectivity index is 1.52. The average molecular weight is 387 g/mol. The molecule has 1 heterocycles. The van der Waals surface area contributed by atoms with Gasteiger partial charge >= 0.3 is 0 Å². The third kappa shape index (κ3) is 4.09. The zero-order chi connectivity index (χ0) is 20.4. The maximum Gasteiger partial charge on any atom is 0.251 e. The molecule has 4 rings (SSSR count). The number of amides is 1. The third-order valence-corrected chi connectivity index (χ3v) is 4.68. The van der Waals surface area contributed by atoms with Crippen molar-refractivity contribution in [3.05, 3.63) is 106 Å². The van der Waals surface area contributed by atoms with Gasteiger partial charge in [0.25, 0.3) is 5.91 Å².